The summed E-state index contributed by atoms with van der Waals surface area (Å²) in [6, 6.07) is 50.6. The Balaban J connectivity index is 0.000000208. The molecule has 0 atom stereocenters. The first-order valence-electron chi connectivity index (χ1n) is 28.5. The van der Waals surface area contributed by atoms with Crippen molar-refractivity contribution in [2.24, 2.45) is 0 Å². The molecule has 92 heavy (non-hydrogen) atoms. The summed E-state index contributed by atoms with van der Waals surface area (Å²) >= 11 is 0. The van der Waals surface area contributed by atoms with E-state index in [0.29, 0.717) is 0 Å². The van der Waals surface area contributed by atoms with E-state index in [1.807, 2.05) is 52.0 Å². The Morgan fingerprint density at radius 1 is 0.207 bits per heavy atom. The number of aromatic nitrogens is 8. The largest absolute Gasteiger partial charge is 1.00 e. The molecule has 0 aliphatic heterocycles. The maximum Gasteiger partial charge on any atom is 1.00 e. The molecule has 12 aromatic rings. The van der Waals surface area contributed by atoms with Gasteiger partial charge in [-0.1, -0.05) is 180 Å². The van der Waals surface area contributed by atoms with Crippen LogP contribution in [0.4, 0.5) is 50.4 Å². The second-order valence-electron chi connectivity index (χ2n) is 26.3. The summed E-state index contributed by atoms with van der Waals surface area (Å²) in [7, 11) is -21.3. The van der Waals surface area contributed by atoms with Gasteiger partial charge in [0.05, 0.1) is 44.1 Å². The van der Waals surface area contributed by atoms with E-state index in [2.05, 4.69) is 224 Å². The summed E-state index contributed by atoms with van der Waals surface area (Å²) in [6.45, 7) is 34.4. The molecule has 8 heterocycles. The number of fused-ring (bicyclic) bond motifs is 12. The van der Waals surface area contributed by atoms with E-state index in [0.717, 1.165) is 133 Å². The van der Waals surface area contributed by atoms with Gasteiger partial charge in [-0.2, -0.15) is 0 Å². The van der Waals surface area contributed by atoms with Gasteiger partial charge in [0.1, 0.15) is 0 Å². The van der Waals surface area contributed by atoms with Crippen LogP contribution < -0.4 is 0 Å². The number of aryl methyl sites for hydroxylation is 4. The van der Waals surface area contributed by atoms with E-state index < -0.39 is 15.6 Å². The van der Waals surface area contributed by atoms with Gasteiger partial charge in [-0.3, -0.25) is 19.9 Å². The number of pyridine rings is 8. The zero-order valence-electron chi connectivity index (χ0n) is 53.5. The molecule has 0 saturated carbocycles. The molecule has 0 unspecified atom stereocenters. The molecule has 12 rings (SSSR count). The zero-order chi connectivity index (χ0) is 67.3. The molecular weight excluding hydrogens is 1350 g/mol. The van der Waals surface area contributed by atoms with Crippen LogP contribution in [-0.2, 0) is 55.8 Å². The van der Waals surface area contributed by atoms with Crippen LogP contribution >= 0.6 is 15.6 Å². The Morgan fingerprint density at radius 2 is 0.315 bits per heavy atom. The second-order valence-corrected chi connectivity index (χ2v) is 30.2. The fourth-order valence-corrected chi connectivity index (χ4v) is 9.13. The van der Waals surface area contributed by atoms with Crippen LogP contribution in [0.5, 0.6) is 0 Å². The van der Waals surface area contributed by atoms with Gasteiger partial charge in [-0.15, -0.1) is 0 Å². The van der Waals surface area contributed by atoms with E-state index in [1.165, 1.54) is 0 Å². The van der Waals surface area contributed by atoms with Gasteiger partial charge in [-0.25, -0.2) is 19.9 Å². The summed E-state index contributed by atoms with van der Waals surface area (Å²) in [6.07, 6.45) is 0. The standard InChI is InChI=1S/2C20H24N2.2C14H12N2.2Cu.2F6P/c2*1-19(2,3)15-11-9-13-7-8-14-10-12-16(20(4,5)6)22-18(14)17(13)21-15;2*1-9-3-5-11-7-8-12-6-4-10(2)16-14(12)13(11)15-9;;;2*1-7(2,3,4,5)6/h2*7-12H,1-6H3;2*3-8H,1-2H3;;;;/q;;;;2*+1;2*-1. The SMILES string of the molecule is CC(C)(C)c1ccc2ccc3ccc(C(C)(C)C)nc3c2n1.CC(C)(C)c1ccc2ccc3ccc(C(C)(C)C)nc3c2n1.Cc1ccc2ccc3ccc(C)nc3c2n1.Cc1ccc2ccc3ccc(C)nc3c2n1.F[P-](F)(F)(F)(F)F.F[P-](F)(F)(F)(F)F.[Cu+].[Cu+]. The minimum absolute atomic E-state index is 0. The molecule has 0 aliphatic carbocycles. The maximum atomic E-state index is 9.87. The van der Waals surface area contributed by atoms with Crippen molar-refractivity contribution in [3.63, 3.8) is 0 Å². The molecule has 0 amide bonds. The first-order chi connectivity index (χ1) is 40.7. The third-order valence-electron chi connectivity index (χ3n) is 13.7. The van der Waals surface area contributed by atoms with Crippen molar-refractivity contribution in [2.75, 3.05) is 0 Å². The van der Waals surface area contributed by atoms with Crippen LogP contribution in [0.15, 0.2) is 146 Å². The molecule has 0 N–H and O–H groups in total. The van der Waals surface area contributed by atoms with Gasteiger partial charge in [0.15, 0.2) is 0 Å². The minimum Gasteiger partial charge on any atom is 1.00 e. The molecule has 0 spiro atoms. The molecule has 0 radical (unpaired) electrons. The second kappa shape index (κ2) is 25.5. The van der Waals surface area contributed by atoms with Crippen LogP contribution in [0.25, 0.3) is 87.2 Å². The van der Waals surface area contributed by atoms with Gasteiger partial charge in [-0.05, 0) is 76.2 Å². The predicted molar refractivity (Wildman–Crippen MR) is 349 cm³/mol. The zero-order valence-corrected chi connectivity index (χ0v) is 57.1. The first kappa shape index (κ1) is 75.9. The number of nitrogens with zero attached hydrogens (tertiary/aromatic N) is 8. The van der Waals surface area contributed by atoms with Crippen LogP contribution in [0.2, 0.25) is 0 Å². The molecule has 0 saturated heterocycles. The Hall–Kier alpha value is -6.78. The van der Waals surface area contributed by atoms with E-state index in [9.17, 15) is 50.4 Å². The maximum absolute atomic E-state index is 10.7. The van der Waals surface area contributed by atoms with Crippen LogP contribution in [0, 0.1) is 27.7 Å². The minimum atomic E-state index is -10.7. The smallest absolute Gasteiger partial charge is 1.00 e. The van der Waals surface area contributed by atoms with Crippen molar-refractivity contribution in [3.05, 3.63) is 191 Å². The average Bonchev–Trinajstić information content (AvgIpc) is 0.805. The molecule has 0 aliphatic rings. The van der Waals surface area contributed by atoms with E-state index in [-0.39, 0.29) is 55.8 Å². The third-order valence-corrected chi connectivity index (χ3v) is 13.7. The van der Waals surface area contributed by atoms with Crippen molar-refractivity contribution in [1.82, 2.24) is 39.9 Å². The normalized spacial score (nSPS) is 13.6. The average molecular weight is 1420 g/mol. The van der Waals surface area contributed by atoms with E-state index in [1.54, 1.807) is 0 Å². The summed E-state index contributed by atoms with van der Waals surface area (Å²) in [5.41, 5.74) is 16.8. The Kier molecular flexibility index (Phi) is 21.1. The van der Waals surface area contributed by atoms with Crippen molar-refractivity contribution >= 4 is 103 Å². The van der Waals surface area contributed by atoms with Crippen molar-refractivity contribution in [1.29, 1.82) is 0 Å². The summed E-state index contributed by atoms with van der Waals surface area (Å²) in [4.78, 5) is 38.1. The molecule has 24 heteroatoms. The van der Waals surface area contributed by atoms with Gasteiger partial charge in [0.25, 0.3) is 0 Å². The summed E-state index contributed by atoms with van der Waals surface area (Å²) < 4.78 is 118. The molecular formula is C68H72Cu2F12N8P2. The number of benzene rings is 4. The quantitative estimate of drug-likeness (QED) is 0.0640. The molecule has 8 aromatic heterocycles. The van der Waals surface area contributed by atoms with Gasteiger partial charge >= 0.3 is 100 Å². The van der Waals surface area contributed by atoms with Crippen molar-refractivity contribution in [2.45, 2.75) is 132 Å². The molecule has 8 nitrogen and oxygen atoms in total. The van der Waals surface area contributed by atoms with Gasteiger partial charge in [0, 0.05) is 110 Å². The van der Waals surface area contributed by atoms with E-state index in [4.69, 9.17) is 19.9 Å². The van der Waals surface area contributed by atoms with Gasteiger partial charge in [0.2, 0.25) is 0 Å². The summed E-state index contributed by atoms with van der Waals surface area (Å²) in [5.74, 6) is 0. The predicted octanol–water partition coefficient (Wildman–Crippen LogP) is 24.3. The number of hydrogen-bond donors (Lipinski definition) is 0. The number of rotatable bonds is 0. The first-order valence-corrected chi connectivity index (χ1v) is 32.6. The van der Waals surface area contributed by atoms with Crippen LogP contribution in [0.3, 0.4) is 0 Å². The topological polar surface area (TPSA) is 103 Å². The Bertz CT molecular complexity index is 4120. The van der Waals surface area contributed by atoms with Crippen molar-refractivity contribution < 1.29 is 84.5 Å². The summed E-state index contributed by atoms with van der Waals surface area (Å²) in [5, 5.41) is 9.20. The Morgan fingerprint density at radius 3 is 0.446 bits per heavy atom. The third kappa shape index (κ3) is 22.8. The van der Waals surface area contributed by atoms with Crippen LogP contribution in [0.1, 0.15) is 129 Å². The molecule has 0 bridgehead atoms. The Labute approximate surface area is 547 Å². The van der Waals surface area contributed by atoms with Crippen LogP contribution in [-0.4, -0.2) is 39.9 Å². The monoisotopic (exact) mass is 1420 g/mol. The molecule has 500 valence electrons. The molecule has 0 fully saturated rings. The van der Waals surface area contributed by atoms with Gasteiger partial charge < -0.3 is 0 Å². The fraction of sp³-hybridized carbons (Fsp3) is 0.294. The van der Waals surface area contributed by atoms with E-state index >= 15 is 0 Å². The number of hydrogen-bond acceptors (Lipinski definition) is 8. The fourth-order valence-electron chi connectivity index (χ4n) is 9.13. The molecule has 4 aromatic carbocycles. The number of halogens is 12. The van der Waals surface area contributed by atoms with Crippen molar-refractivity contribution in [3.8, 4) is 0 Å².